The topological polar surface area (TPSA) is 102 Å². The zero-order valence-electron chi connectivity index (χ0n) is 9.07. The molecule has 19 heavy (non-hydrogen) atoms. The number of aliphatic carboxylic acids is 1. The van der Waals surface area contributed by atoms with Crippen molar-refractivity contribution in [1.82, 2.24) is 0 Å². The van der Waals surface area contributed by atoms with Crippen molar-refractivity contribution in [2.45, 2.75) is 3.79 Å². The van der Waals surface area contributed by atoms with Crippen LogP contribution in [0.15, 0.2) is 5.16 Å². The Kier molecular flexibility index (Phi) is 8.08. The van der Waals surface area contributed by atoms with Crippen molar-refractivity contribution in [3.8, 4) is 0 Å². The Morgan fingerprint density at radius 1 is 1.21 bits per heavy atom. The lowest BCUT2D eigenvalue weighted by Crippen LogP contribution is -2.26. The molecule has 0 aliphatic heterocycles. The van der Waals surface area contributed by atoms with Crippen molar-refractivity contribution in [3.63, 3.8) is 0 Å². The van der Waals surface area contributed by atoms with Crippen LogP contribution in [-0.2, 0) is 24.0 Å². The molecule has 0 heterocycles. The number of rotatable bonds is 7. The van der Waals surface area contributed by atoms with Crippen molar-refractivity contribution in [2.75, 3.05) is 19.1 Å². The van der Waals surface area contributed by atoms with Gasteiger partial charge in [-0.25, -0.2) is 9.59 Å². The fourth-order valence-electron chi connectivity index (χ4n) is 0.626. The molecule has 1 N–H and O–H groups in total. The van der Waals surface area contributed by atoms with E-state index in [0.717, 1.165) is 0 Å². The maximum atomic E-state index is 11.0. The van der Waals surface area contributed by atoms with Gasteiger partial charge in [0.25, 0.3) is 0 Å². The molecule has 0 rings (SSSR count). The summed E-state index contributed by atoms with van der Waals surface area (Å²) in [5.74, 6) is -4.16. The molecular weight excluding hydrogens is 348 g/mol. The number of carboxylic acids is 1. The Labute approximate surface area is 127 Å². The molecule has 0 aliphatic carbocycles. The third-order valence-corrected chi connectivity index (χ3v) is 1.89. The smallest absolute Gasteiger partial charge is 0.361 e. The fourth-order valence-corrected chi connectivity index (χ4v) is 0.916. The third-order valence-electron chi connectivity index (χ3n) is 1.32. The van der Waals surface area contributed by atoms with Crippen LogP contribution in [0.2, 0.25) is 0 Å². The van der Waals surface area contributed by atoms with E-state index >= 15 is 0 Å². The maximum absolute atomic E-state index is 11.0. The van der Waals surface area contributed by atoms with E-state index in [0.29, 0.717) is 0 Å². The van der Waals surface area contributed by atoms with Gasteiger partial charge in [0.05, 0.1) is 5.88 Å². The normalized spacial score (nSPS) is 11.9. The second-order valence-electron chi connectivity index (χ2n) is 2.85. The molecule has 0 aromatic heterocycles. The monoisotopic (exact) mass is 353 g/mol. The Balaban J connectivity index is 4.28. The number of alkyl halides is 4. The lowest BCUT2D eigenvalue weighted by molar-refractivity contribution is -0.149. The molecule has 0 amide bonds. The molecule has 0 radical (unpaired) electrons. The number of ketones is 1. The summed E-state index contributed by atoms with van der Waals surface area (Å²) in [5.41, 5.74) is -0.941. The lowest BCUT2D eigenvalue weighted by Gasteiger charge is -2.10. The first-order chi connectivity index (χ1) is 8.67. The van der Waals surface area contributed by atoms with Gasteiger partial charge in [-0.15, -0.1) is 11.6 Å². The minimum atomic E-state index is -1.78. The largest absolute Gasteiger partial charge is 0.476 e. The van der Waals surface area contributed by atoms with E-state index in [1.54, 1.807) is 0 Å². The molecule has 0 saturated carbocycles. The molecule has 7 nitrogen and oxygen atoms in total. The van der Waals surface area contributed by atoms with E-state index in [2.05, 4.69) is 14.7 Å². The Morgan fingerprint density at radius 2 is 1.79 bits per heavy atom. The van der Waals surface area contributed by atoms with Crippen molar-refractivity contribution in [1.29, 1.82) is 0 Å². The summed E-state index contributed by atoms with van der Waals surface area (Å²) in [6.07, 6.45) is 0. The molecule has 108 valence electrons. The van der Waals surface area contributed by atoms with Gasteiger partial charge in [0.1, 0.15) is 6.61 Å². The van der Waals surface area contributed by atoms with Crippen molar-refractivity contribution in [3.05, 3.63) is 0 Å². The van der Waals surface area contributed by atoms with E-state index < -0.39 is 46.3 Å². The Bertz CT molecular complexity index is 391. The van der Waals surface area contributed by atoms with Crippen LogP contribution < -0.4 is 0 Å². The highest BCUT2D eigenvalue weighted by Crippen LogP contribution is 2.25. The first-order valence-electron chi connectivity index (χ1n) is 4.42. The van der Waals surface area contributed by atoms with Gasteiger partial charge < -0.3 is 14.7 Å². The van der Waals surface area contributed by atoms with Gasteiger partial charge in [-0.1, -0.05) is 40.0 Å². The molecule has 0 fully saturated rings. The van der Waals surface area contributed by atoms with E-state index in [-0.39, 0.29) is 0 Å². The number of hydrogen-bond donors (Lipinski definition) is 1. The van der Waals surface area contributed by atoms with Gasteiger partial charge in [-0.05, 0) is 0 Å². The minimum Gasteiger partial charge on any atom is -0.476 e. The third kappa shape index (κ3) is 8.88. The van der Waals surface area contributed by atoms with Crippen LogP contribution in [0.5, 0.6) is 0 Å². The van der Waals surface area contributed by atoms with Crippen LogP contribution in [0, 0.1) is 0 Å². The van der Waals surface area contributed by atoms with Crippen LogP contribution in [-0.4, -0.2) is 51.4 Å². The van der Waals surface area contributed by atoms with Gasteiger partial charge in [-0.3, -0.25) is 4.79 Å². The predicted octanol–water partition coefficient (Wildman–Crippen LogP) is 1.16. The molecule has 0 saturated heterocycles. The number of carboxylic acid groups (broad SMARTS) is 1. The average molecular weight is 355 g/mol. The fraction of sp³-hybridized carbons (Fsp3) is 0.500. The van der Waals surface area contributed by atoms with E-state index in [1.165, 1.54) is 0 Å². The Morgan fingerprint density at radius 3 is 2.21 bits per heavy atom. The van der Waals surface area contributed by atoms with Crippen molar-refractivity contribution < 1.29 is 29.1 Å². The van der Waals surface area contributed by atoms with E-state index in [4.69, 9.17) is 51.5 Å². The second kappa shape index (κ2) is 8.42. The zero-order valence-corrected chi connectivity index (χ0v) is 12.1. The molecule has 0 aromatic carbocycles. The second-order valence-corrected chi connectivity index (χ2v) is 5.63. The lowest BCUT2D eigenvalue weighted by atomic mass is 10.3. The molecule has 0 atom stereocenters. The molecular formula is C8H7Cl4NO6. The van der Waals surface area contributed by atoms with Crippen LogP contribution in [0.3, 0.4) is 0 Å². The molecule has 0 unspecified atom stereocenters. The number of halogens is 4. The average Bonchev–Trinajstić information content (AvgIpc) is 2.29. The summed E-state index contributed by atoms with van der Waals surface area (Å²) < 4.78 is 2.67. The van der Waals surface area contributed by atoms with Crippen molar-refractivity contribution in [2.24, 2.45) is 5.16 Å². The summed E-state index contributed by atoms with van der Waals surface area (Å²) in [6, 6.07) is 0. The first-order valence-corrected chi connectivity index (χ1v) is 6.09. The SMILES string of the molecule is O=C(CON=C(C(=O)O)C(=O)CCl)OCC(Cl)(Cl)Cl. The Hall–Kier alpha value is -0.760. The number of oxime groups is 1. The number of carbonyl (C=O) groups is 3. The zero-order chi connectivity index (χ0) is 15.1. The minimum absolute atomic E-state index is 0.518. The number of carbonyl (C=O) groups excluding carboxylic acids is 2. The van der Waals surface area contributed by atoms with E-state index in [1.807, 2.05) is 0 Å². The van der Waals surface area contributed by atoms with Gasteiger partial charge in [-0.2, -0.15) is 0 Å². The molecule has 0 aromatic rings. The predicted molar refractivity (Wildman–Crippen MR) is 68.0 cm³/mol. The van der Waals surface area contributed by atoms with Gasteiger partial charge in [0.15, 0.2) is 0 Å². The van der Waals surface area contributed by atoms with Crippen LogP contribution in [0.1, 0.15) is 0 Å². The summed E-state index contributed by atoms with van der Waals surface area (Å²) in [5, 5.41) is 11.6. The number of Topliss-reactive ketones (excluding diaryl/α,β-unsaturated/α-hetero) is 1. The van der Waals surface area contributed by atoms with Crippen LogP contribution in [0.4, 0.5) is 0 Å². The number of hydrogen-bond acceptors (Lipinski definition) is 6. The molecule has 0 spiro atoms. The summed E-state index contributed by atoms with van der Waals surface area (Å²) in [4.78, 5) is 36.9. The number of ether oxygens (including phenoxy) is 1. The summed E-state index contributed by atoms with van der Waals surface area (Å²) in [7, 11) is 0. The highest BCUT2D eigenvalue weighted by atomic mass is 35.6. The van der Waals surface area contributed by atoms with E-state index in [9.17, 15) is 14.4 Å². The quantitative estimate of drug-likeness (QED) is 0.242. The van der Waals surface area contributed by atoms with Crippen LogP contribution >= 0.6 is 46.4 Å². The highest BCUT2D eigenvalue weighted by Gasteiger charge is 2.23. The molecule has 0 aliphatic rings. The van der Waals surface area contributed by atoms with Crippen LogP contribution in [0.25, 0.3) is 0 Å². The molecule has 11 heteroatoms. The standard InChI is InChI=1S/C8H7Cl4NO6/c9-1-4(14)6(7(16)17)13-19-2-5(15)18-3-8(10,11)12/h1-3H2,(H,16,17). The summed E-state index contributed by atoms with van der Waals surface area (Å²) >= 11 is 21.1. The van der Waals surface area contributed by atoms with Gasteiger partial charge >= 0.3 is 11.9 Å². The van der Waals surface area contributed by atoms with Gasteiger partial charge in [0, 0.05) is 0 Å². The maximum Gasteiger partial charge on any atom is 0.361 e. The number of esters is 1. The van der Waals surface area contributed by atoms with Gasteiger partial charge in [0.2, 0.25) is 21.9 Å². The summed E-state index contributed by atoms with van der Waals surface area (Å²) in [6.45, 7) is -1.27. The molecule has 0 bridgehead atoms. The highest BCUT2D eigenvalue weighted by molar-refractivity contribution is 6.68. The number of nitrogens with zero attached hydrogens (tertiary/aromatic N) is 1. The first kappa shape index (κ1) is 18.2. The van der Waals surface area contributed by atoms with Crippen molar-refractivity contribution >= 4 is 69.8 Å².